The Balaban J connectivity index is 3.68. The van der Waals surface area contributed by atoms with Crippen molar-refractivity contribution in [2.45, 2.75) is 15.3 Å². The van der Waals surface area contributed by atoms with E-state index in [1.807, 2.05) is 0 Å². The summed E-state index contributed by atoms with van der Waals surface area (Å²) in [6, 6.07) is 1.23. The minimum absolute atomic E-state index is 0.243. The number of hydrogen-bond acceptors (Lipinski definition) is 4. The van der Waals surface area contributed by atoms with Gasteiger partial charge in [-0.1, -0.05) is 6.07 Å². The number of benzene rings is 1. The first-order valence-corrected chi connectivity index (χ1v) is 6.88. The van der Waals surface area contributed by atoms with Gasteiger partial charge >= 0.3 is 5.51 Å². The van der Waals surface area contributed by atoms with Gasteiger partial charge in [0, 0.05) is 0 Å². The lowest BCUT2D eigenvalue weighted by Crippen LogP contribution is -2.24. The van der Waals surface area contributed by atoms with E-state index < -0.39 is 41.1 Å². The molecular weight excluding hydrogens is 304 g/mol. The molecule has 18 heavy (non-hydrogen) atoms. The number of hydrogen-bond donors (Lipinski definition) is 1. The molecule has 0 heterocycles. The highest BCUT2D eigenvalue weighted by molar-refractivity contribution is 7.92. The summed E-state index contributed by atoms with van der Waals surface area (Å²) < 4.78 is 101. The first kappa shape index (κ1) is 14.9. The predicted octanol–water partition coefficient (Wildman–Crippen LogP) is 1.37. The SMILES string of the molecule is O=S(=O)(O)c1cccc(S(=O)(=O)C(F)(F)F)c1F. The summed E-state index contributed by atoms with van der Waals surface area (Å²) in [7, 11) is -11.2. The van der Waals surface area contributed by atoms with Gasteiger partial charge < -0.3 is 0 Å². The van der Waals surface area contributed by atoms with E-state index in [0.29, 0.717) is 12.1 Å². The van der Waals surface area contributed by atoms with Crippen molar-refractivity contribution >= 4 is 20.0 Å². The Bertz CT molecular complexity index is 674. The smallest absolute Gasteiger partial charge is 0.282 e. The van der Waals surface area contributed by atoms with E-state index in [-0.39, 0.29) is 6.07 Å². The van der Waals surface area contributed by atoms with E-state index in [4.69, 9.17) is 4.55 Å². The first-order chi connectivity index (χ1) is 7.89. The summed E-state index contributed by atoms with van der Waals surface area (Å²) in [4.78, 5) is -3.42. The van der Waals surface area contributed by atoms with E-state index >= 15 is 0 Å². The van der Waals surface area contributed by atoms with Crippen LogP contribution in [0, 0.1) is 5.82 Å². The second-order valence-corrected chi connectivity index (χ2v) is 6.29. The summed E-state index contributed by atoms with van der Waals surface area (Å²) >= 11 is 0. The zero-order valence-corrected chi connectivity index (χ0v) is 9.77. The minimum Gasteiger partial charge on any atom is -0.282 e. The van der Waals surface area contributed by atoms with Crippen molar-refractivity contribution in [3.8, 4) is 0 Å². The highest BCUT2D eigenvalue weighted by atomic mass is 32.2. The molecule has 102 valence electrons. The average molecular weight is 308 g/mol. The zero-order valence-electron chi connectivity index (χ0n) is 8.14. The molecule has 0 unspecified atom stereocenters. The van der Waals surface area contributed by atoms with E-state index in [1.165, 1.54) is 0 Å². The Labute approximate surface area is 98.7 Å². The number of sulfone groups is 1. The van der Waals surface area contributed by atoms with Crippen molar-refractivity contribution in [3.63, 3.8) is 0 Å². The molecule has 1 aromatic rings. The van der Waals surface area contributed by atoms with Gasteiger partial charge in [-0.25, -0.2) is 12.8 Å². The maximum atomic E-state index is 13.4. The molecule has 1 N–H and O–H groups in total. The molecule has 0 saturated heterocycles. The van der Waals surface area contributed by atoms with Crippen molar-refractivity contribution in [1.82, 2.24) is 0 Å². The van der Waals surface area contributed by atoms with Crippen LogP contribution >= 0.6 is 0 Å². The summed E-state index contributed by atoms with van der Waals surface area (Å²) in [6.45, 7) is 0. The Morgan fingerprint density at radius 2 is 1.44 bits per heavy atom. The van der Waals surface area contributed by atoms with Gasteiger partial charge in [0.25, 0.3) is 20.0 Å². The Morgan fingerprint density at radius 1 is 1.00 bits per heavy atom. The van der Waals surface area contributed by atoms with Crippen LogP contribution in [0.2, 0.25) is 0 Å². The van der Waals surface area contributed by atoms with Crippen LogP contribution in [-0.4, -0.2) is 26.9 Å². The first-order valence-electron chi connectivity index (χ1n) is 3.96. The van der Waals surface area contributed by atoms with Crippen LogP contribution in [0.15, 0.2) is 28.0 Å². The molecule has 0 spiro atoms. The van der Waals surface area contributed by atoms with E-state index in [9.17, 15) is 34.4 Å². The molecule has 0 amide bonds. The summed E-state index contributed by atoms with van der Waals surface area (Å²) in [5, 5.41) is 0. The van der Waals surface area contributed by atoms with Crippen molar-refractivity contribution in [2.75, 3.05) is 0 Å². The molecule has 0 aliphatic rings. The maximum Gasteiger partial charge on any atom is 0.502 e. The fourth-order valence-corrected chi connectivity index (χ4v) is 2.53. The highest BCUT2D eigenvalue weighted by Gasteiger charge is 2.48. The lowest BCUT2D eigenvalue weighted by atomic mass is 10.3. The van der Waals surface area contributed by atoms with Gasteiger partial charge in [-0.2, -0.15) is 21.6 Å². The third-order valence-electron chi connectivity index (χ3n) is 1.80. The van der Waals surface area contributed by atoms with Gasteiger partial charge in [0.15, 0.2) is 5.82 Å². The van der Waals surface area contributed by atoms with Crippen molar-refractivity contribution in [2.24, 2.45) is 0 Å². The molecule has 1 aromatic carbocycles. The molecule has 11 heteroatoms. The van der Waals surface area contributed by atoms with Gasteiger partial charge in [0.05, 0.1) is 0 Å². The van der Waals surface area contributed by atoms with E-state index in [1.54, 1.807) is 0 Å². The topological polar surface area (TPSA) is 88.5 Å². The molecule has 0 bridgehead atoms. The fraction of sp³-hybridized carbons (Fsp3) is 0.143. The summed E-state index contributed by atoms with van der Waals surface area (Å²) in [6.07, 6.45) is 0. The molecule has 0 aromatic heterocycles. The lowest BCUT2D eigenvalue weighted by Gasteiger charge is -2.10. The quantitative estimate of drug-likeness (QED) is 0.658. The normalized spacial score (nSPS) is 13.6. The van der Waals surface area contributed by atoms with E-state index in [0.717, 1.165) is 0 Å². The largest absolute Gasteiger partial charge is 0.502 e. The molecule has 0 radical (unpaired) electrons. The number of halogens is 4. The van der Waals surface area contributed by atoms with Gasteiger partial charge in [-0.05, 0) is 12.1 Å². The zero-order chi connectivity index (χ0) is 14.4. The Kier molecular flexibility index (Phi) is 3.44. The van der Waals surface area contributed by atoms with Crippen molar-refractivity contribution in [1.29, 1.82) is 0 Å². The predicted molar refractivity (Wildman–Crippen MR) is 49.5 cm³/mol. The second-order valence-electron chi connectivity index (χ2n) is 2.99. The summed E-state index contributed by atoms with van der Waals surface area (Å²) in [5.41, 5.74) is -5.79. The molecule has 0 fully saturated rings. The van der Waals surface area contributed by atoms with Gasteiger partial charge in [0.2, 0.25) is 0 Å². The molecule has 0 atom stereocenters. The maximum absolute atomic E-state index is 13.4. The summed E-state index contributed by atoms with van der Waals surface area (Å²) in [5.74, 6) is -2.18. The van der Waals surface area contributed by atoms with Gasteiger partial charge in [0.1, 0.15) is 9.79 Å². The second kappa shape index (κ2) is 4.17. The van der Waals surface area contributed by atoms with Crippen LogP contribution in [0.4, 0.5) is 17.6 Å². The minimum atomic E-state index is -6.04. The lowest BCUT2D eigenvalue weighted by molar-refractivity contribution is -0.0438. The van der Waals surface area contributed by atoms with Crippen LogP contribution in [-0.2, 0) is 20.0 Å². The number of alkyl halides is 3. The molecule has 0 aliphatic carbocycles. The standard InChI is InChI=1S/C7H4F4O5S2/c8-6-4(17(12,13)7(9,10)11)2-1-3-5(6)18(14,15)16/h1-3H,(H,14,15,16). The van der Waals surface area contributed by atoms with Crippen molar-refractivity contribution in [3.05, 3.63) is 24.0 Å². The third-order valence-corrected chi connectivity index (χ3v) is 4.17. The molecular formula is C7H4F4O5S2. The van der Waals surface area contributed by atoms with Crippen LogP contribution in [0.1, 0.15) is 0 Å². The van der Waals surface area contributed by atoms with Crippen LogP contribution in [0.25, 0.3) is 0 Å². The van der Waals surface area contributed by atoms with Gasteiger partial charge in [-0.15, -0.1) is 0 Å². The average Bonchev–Trinajstić information content (AvgIpc) is 2.13. The van der Waals surface area contributed by atoms with Crippen LogP contribution in [0.3, 0.4) is 0 Å². The van der Waals surface area contributed by atoms with Crippen LogP contribution in [0.5, 0.6) is 0 Å². The number of rotatable bonds is 2. The Morgan fingerprint density at radius 3 is 1.83 bits per heavy atom. The van der Waals surface area contributed by atoms with Crippen LogP contribution < -0.4 is 0 Å². The highest BCUT2D eigenvalue weighted by Crippen LogP contribution is 2.33. The fourth-order valence-electron chi connectivity index (χ4n) is 1.02. The van der Waals surface area contributed by atoms with Gasteiger partial charge in [-0.3, -0.25) is 4.55 Å². The van der Waals surface area contributed by atoms with Crippen molar-refractivity contribution < 1.29 is 39.0 Å². The molecule has 0 aliphatic heterocycles. The molecule has 1 rings (SSSR count). The molecule has 5 nitrogen and oxygen atoms in total. The molecule has 0 saturated carbocycles. The third kappa shape index (κ3) is 2.47. The Hall–Kier alpha value is -1.20. The van der Waals surface area contributed by atoms with E-state index in [2.05, 4.69) is 0 Å². The monoisotopic (exact) mass is 308 g/mol.